The number of carbonyl (C=O) groups is 1. The van der Waals surface area contributed by atoms with Crippen molar-refractivity contribution in [1.29, 1.82) is 0 Å². The molecule has 0 aromatic heterocycles. The van der Waals surface area contributed by atoms with E-state index in [0.29, 0.717) is 16.3 Å². The van der Waals surface area contributed by atoms with Crippen LogP contribution >= 0.6 is 23.2 Å². The molecule has 0 saturated heterocycles. The molecule has 4 rings (SSSR count). The van der Waals surface area contributed by atoms with Crippen LogP contribution < -0.4 is 10.1 Å². The molecule has 3 aromatic rings. The molecular formula is C22H14Cl2FN3O5. The molecule has 168 valence electrons. The number of non-ortho nitro benzene ring substituents is 1. The fourth-order valence-corrected chi connectivity index (χ4v) is 3.51. The fourth-order valence-electron chi connectivity index (χ4n) is 3.06. The summed E-state index contributed by atoms with van der Waals surface area (Å²) in [6.07, 6.45) is -0.810. The largest absolute Gasteiger partial charge is 0.455 e. The Morgan fingerprint density at radius 1 is 1.15 bits per heavy atom. The Labute approximate surface area is 196 Å². The number of oxime groups is 1. The van der Waals surface area contributed by atoms with Crippen molar-refractivity contribution < 1.29 is 23.7 Å². The Kier molecular flexibility index (Phi) is 6.43. The molecular weight excluding hydrogens is 476 g/mol. The summed E-state index contributed by atoms with van der Waals surface area (Å²) in [5.41, 5.74) is 0.921. The summed E-state index contributed by atoms with van der Waals surface area (Å²) >= 11 is 12.0. The molecule has 0 aliphatic carbocycles. The zero-order chi connectivity index (χ0) is 23.5. The van der Waals surface area contributed by atoms with E-state index in [0.717, 1.165) is 0 Å². The molecule has 1 atom stereocenters. The Morgan fingerprint density at radius 3 is 2.61 bits per heavy atom. The standard InChI is InChI=1S/C22H14Cl2FN3O5/c23-13-3-6-20(18(24)7-13)32-17-9-15(8-16(10-17)28(30)31)26-22(29)21-11-19(27-33-21)12-1-4-14(25)5-2-12/h1-10,21H,11H2,(H,26,29). The molecule has 3 aromatic carbocycles. The quantitative estimate of drug-likeness (QED) is 0.339. The van der Waals surface area contributed by atoms with Crippen LogP contribution in [-0.4, -0.2) is 22.6 Å². The van der Waals surface area contributed by atoms with Crippen molar-refractivity contribution in [3.8, 4) is 11.5 Å². The van der Waals surface area contributed by atoms with E-state index in [1.807, 2.05) is 0 Å². The molecule has 0 radical (unpaired) electrons. The number of hydrogen-bond donors (Lipinski definition) is 1. The number of carbonyl (C=O) groups excluding carboxylic acids is 1. The van der Waals surface area contributed by atoms with Crippen LogP contribution in [0.2, 0.25) is 10.0 Å². The van der Waals surface area contributed by atoms with Crippen LogP contribution in [-0.2, 0) is 9.63 Å². The highest BCUT2D eigenvalue weighted by atomic mass is 35.5. The second-order valence-corrected chi connectivity index (χ2v) is 7.83. The number of benzene rings is 3. The lowest BCUT2D eigenvalue weighted by Crippen LogP contribution is -2.28. The summed E-state index contributed by atoms with van der Waals surface area (Å²) in [6, 6.07) is 14.0. The zero-order valence-electron chi connectivity index (χ0n) is 16.6. The van der Waals surface area contributed by atoms with E-state index < -0.39 is 22.8 Å². The van der Waals surface area contributed by atoms with E-state index in [1.165, 1.54) is 54.6 Å². The molecule has 1 aliphatic heterocycles. The SMILES string of the molecule is O=C(Nc1cc(Oc2ccc(Cl)cc2Cl)cc([N+](=O)[O-])c1)C1CC(c2ccc(F)cc2)=NO1. The van der Waals surface area contributed by atoms with E-state index in [2.05, 4.69) is 10.5 Å². The van der Waals surface area contributed by atoms with Gasteiger partial charge < -0.3 is 14.9 Å². The molecule has 11 heteroatoms. The second kappa shape index (κ2) is 9.43. The lowest BCUT2D eigenvalue weighted by atomic mass is 10.0. The van der Waals surface area contributed by atoms with Crippen molar-refractivity contribution in [2.24, 2.45) is 5.16 Å². The van der Waals surface area contributed by atoms with Crippen molar-refractivity contribution in [3.63, 3.8) is 0 Å². The fraction of sp³-hybridized carbons (Fsp3) is 0.0909. The van der Waals surface area contributed by atoms with Crippen LogP contribution in [0.25, 0.3) is 0 Å². The average Bonchev–Trinajstić information content (AvgIpc) is 3.26. The Hall–Kier alpha value is -3.69. The van der Waals surface area contributed by atoms with Crippen LogP contribution in [0.4, 0.5) is 15.8 Å². The molecule has 0 spiro atoms. The Bertz CT molecular complexity index is 1270. The molecule has 1 amide bonds. The average molecular weight is 490 g/mol. The predicted molar refractivity (Wildman–Crippen MR) is 121 cm³/mol. The van der Waals surface area contributed by atoms with Gasteiger partial charge in [-0.05, 0) is 35.9 Å². The van der Waals surface area contributed by atoms with E-state index in [1.54, 1.807) is 6.07 Å². The van der Waals surface area contributed by atoms with Gasteiger partial charge >= 0.3 is 0 Å². The second-order valence-electron chi connectivity index (χ2n) is 6.98. The van der Waals surface area contributed by atoms with Gasteiger partial charge in [0.25, 0.3) is 11.6 Å². The van der Waals surface area contributed by atoms with Crippen LogP contribution in [0.3, 0.4) is 0 Å². The van der Waals surface area contributed by atoms with E-state index in [9.17, 15) is 19.3 Å². The number of hydrogen-bond acceptors (Lipinski definition) is 6. The molecule has 8 nitrogen and oxygen atoms in total. The molecule has 1 N–H and O–H groups in total. The van der Waals surface area contributed by atoms with E-state index in [4.69, 9.17) is 32.8 Å². The first-order chi connectivity index (χ1) is 15.8. The number of nitrogens with zero attached hydrogens (tertiary/aromatic N) is 2. The number of rotatable bonds is 6. The lowest BCUT2D eigenvalue weighted by Gasteiger charge is -2.12. The van der Waals surface area contributed by atoms with Crippen molar-refractivity contribution in [2.45, 2.75) is 12.5 Å². The summed E-state index contributed by atoms with van der Waals surface area (Å²) < 4.78 is 18.8. The van der Waals surface area contributed by atoms with Gasteiger partial charge in [0, 0.05) is 23.6 Å². The Balaban J connectivity index is 1.49. The minimum atomic E-state index is -0.959. The molecule has 0 saturated carbocycles. The van der Waals surface area contributed by atoms with Crippen LogP contribution in [0, 0.1) is 15.9 Å². The van der Waals surface area contributed by atoms with Gasteiger partial charge in [0.1, 0.15) is 17.3 Å². The third-order valence-electron chi connectivity index (χ3n) is 4.63. The molecule has 0 bridgehead atoms. The lowest BCUT2D eigenvalue weighted by molar-refractivity contribution is -0.384. The van der Waals surface area contributed by atoms with Gasteiger partial charge in [-0.2, -0.15) is 0 Å². The maximum atomic E-state index is 13.1. The number of amides is 1. The minimum absolute atomic E-state index is 0.0827. The molecule has 0 fully saturated rings. The first kappa shape index (κ1) is 22.5. The number of anilines is 1. The minimum Gasteiger partial charge on any atom is -0.455 e. The normalized spacial score (nSPS) is 14.9. The number of nitro benzene ring substituents is 1. The third kappa shape index (κ3) is 5.39. The maximum Gasteiger partial charge on any atom is 0.275 e. The van der Waals surface area contributed by atoms with Gasteiger partial charge in [-0.3, -0.25) is 14.9 Å². The van der Waals surface area contributed by atoms with Gasteiger partial charge in [0.05, 0.1) is 27.4 Å². The Morgan fingerprint density at radius 2 is 1.91 bits per heavy atom. The number of halogens is 3. The summed E-state index contributed by atoms with van der Waals surface area (Å²) in [4.78, 5) is 28.6. The topological polar surface area (TPSA) is 103 Å². The van der Waals surface area contributed by atoms with E-state index in [-0.39, 0.29) is 34.3 Å². The summed E-state index contributed by atoms with van der Waals surface area (Å²) in [5.74, 6) is -0.641. The van der Waals surface area contributed by atoms with Gasteiger partial charge in [0.15, 0.2) is 0 Å². The first-order valence-corrected chi connectivity index (χ1v) is 10.3. The van der Waals surface area contributed by atoms with E-state index >= 15 is 0 Å². The van der Waals surface area contributed by atoms with Gasteiger partial charge in [-0.25, -0.2) is 4.39 Å². The number of ether oxygens (including phenoxy) is 1. The monoisotopic (exact) mass is 489 g/mol. The molecule has 1 heterocycles. The summed E-state index contributed by atoms with van der Waals surface area (Å²) in [6.45, 7) is 0. The third-order valence-corrected chi connectivity index (χ3v) is 5.16. The first-order valence-electron chi connectivity index (χ1n) is 9.50. The highest BCUT2D eigenvalue weighted by Crippen LogP contribution is 2.34. The number of nitrogens with one attached hydrogen (secondary N) is 1. The smallest absolute Gasteiger partial charge is 0.275 e. The van der Waals surface area contributed by atoms with Crippen molar-refractivity contribution in [3.05, 3.63) is 92.2 Å². The molecule has 1 aliphatic rings. The highest BCUT2D eigenvalue weighted by molar-refractivity contribution is 6.35. The number of nitro groups is 1. The predicted octanol–water partition coefficient (Wildman–Crippen LogP) is 5.96. The molecule has 33 heavy (non-hydrogen) atoms. The maximum absolute atomic E-state index is 13.1. The van der Waals surface area contributed by atoms with Gasteiger partial charge in [0.2, 0.25) is 6.10 Å². The van der Waals surface area contributed by atoms with Gasteiger partial charge in [-0.1, -0.05) is 40.5 Å². The van der Waals surface area contributed by atoms with Crippen LogP contribution in [0.1, 0.15) is 12.0 Å². The zero-order valence-corrected chi connectivity index (χ0v) is 18.1. The van der Waals surface area contributed by atoms with Gasteiger partial charge in [-0.15, -0.1) is 0 Å². The van der Waals surface area contributed by atoms with Crippen molar-refractivity contribution in [1.82, 2.24) is 0 Å². The summed E-state index contributed by atoms with van der Waals surface area (Å²) in [7, 11) is 0. The highest BCUT2D eigenvalue weighted by Gasteiger charge is 2.29. The van der Waals surface area contributed by atoms with Crippen LogP contribution in [0.5, 0.6) is 11.5 Å². The molecule has 1 unspecified atom stereocenters. The van der Waals surface area contributed by atoms with Crippen LogP contribution in [0.15, 0.2) is 65.8 Å². The summed E-state index contributed by atoms with van der Waals surface area (Å²) in [5, 5.41) is 18.4. The van der Waals surface area contributed by atoms with Crippen molar-refractivity contribution in [2.75, 3.05) is 5.32 Å². The van der Waals surface area contributed by atoms with Crippen molar-refractivity contribution >= 4 is 46.2 Å².